The van der Waals surface area contributed by atoms with Crippen molar-refractivity contribution in [2.75, 3.05) is 26.4 Å². The second-order valence-electron chi connectivity index (χ2n) is 9.69. The number of alkyl carbamates (subject to hydrolysis) is 1. The van der Waals surface area contributed by atoms with Crippen LogP contribution in [0.3, 0.4) is 0 Å². The van der Waals surface area contributed by atoms with Crippen LogP contribution in [-0.2, 0) is 18.9 Å². The Morgan fingerprint density at radius 1 is 0.838 bits per heavy atom. The predicted molar refractivity (Wildman–Crippen MR) is 128 cm³/mol. The molecule has 2 aliphatic heterocycles. The number of unbranched alkanes of at least 4 members (excludes halogenated alkanes) is 8. The topological polar surface area (TPSA) is 208 Å². The van der Waals surface area contributed by atoms with Gasteiger partial charge >= 0.3 is 6.09 Å². The number of hydrogen-bond acceptors (Lipinski definition) is 12. The maximum atomic E-state index is 12.4. The molecule has 0 bridgehead atoms. The van der Waals surface area contributed by atoms with Crippen molar-refractivity contribution < 1.29 is 59.5 Å². The van der Waals surface area contributed by atoms with Crippen LogP contribution in [0.1, 0.15) is 64.7 Å². The van der Waals surface area contributed by atoms with Gasteiger partial charge in [-0.25, -0.2) is 4.79 Å². The predicted octanol–water partition coefficient (Wildman–Crippen LogP) is -1.13. The summed E-state index contributed by atoms with van der Waals surface area (Å²) in [6, 6.07) is 0. The molecule has 1 amide bonds. The summed E-state index contributed by atoms with van der Waals surface area (Å²) < 4.78 is 21.6. The third kappa shape index (κ3) is 8.68. The average molecular weight is 540 g/mol. The number of carbonyl (C=O) groups is 1. The Hall–Kier alpha value is -1.13. The molecule has 13 nitrogen and oxygen atoms in total. The van der Waals surface area contributed by atoms with Crippen LogP contribution in [0, 0.1) is 0 Å². The van der Waals surface area contributed by atoms with Crippen molar-refractivity contribution in [1.82, 2.24) is 5.32 Å². The van der Waals surface area contributed by atoms with E-state index in [-0.39, 0.29) is 0 Å². The molecule has 0 aliphatic carbocycles. The van der Waals surface area contributed by atoms with Crippen LogP contribution in [0.25, 0.3) is 0 Å². The summed E-state index contributed by atoms with van der Waals surface area (Å²) in [7, 11) is 0. The molecule has 2 heterocycles. The standard InChI is InChI=1S/C24H45NO12/c1-2-3-4-5-6-7-8-9-10-11-25-23(33)35-20-19(31)17(29)15(12-26)34-22(20)37-24(14-28)21(32)18(30)16(13-27)36-24/h15-22,26-32H,2-14H2,1H3,(H,25,33)/t15-,16-,17-,18-,19+,20-,21+,22-,24+/m1/s1. The van der Waals surface area contributed by atoms with E-state index in [1.54, 1.807) is 0 Å². The molecule has 0 aromatic rings. The molecule has 0 aromatic carbocycles. The first kappa shape index (κ1) is 32.1. The van der Waals surface area contributed by atoms with Crippen LogP contribution in [0.5, 0.6) is 0 Å². The first-order valence-electron chi connectivity index (χ1n) is 13.2. The molecule has 0 saturated carbocycles. The highest BCUT2D eigenvalue weighted by Gasteiger charge is 2.59. The maximum absolute atomic E-state index is 12.4. The molecular weight excluding hydrogens is 494 g/mol. The van der Waals surface area contributed by atoms with Crippen LogP contribution < -0.4 is 5.32 Å². The highest BCUT2D eigenvalue weighted by Crippen LogP contribution is 2.36. The van der Waals surface area contributed by atoms with E-state index in [9.17, 15) is 40.5 Å². The van der Waals surface area contributed by atoms with Crippen LogP contribution >= 0.6 is 0 Å². The number of amides is 1. The smallest absolute Gasteiger partial charge is 0.407 e. The fraction of sp³-hybridized carbons (Fsp3) is 0.958. The molecule has 2 fully saturated rings. The molecule has 37 heavy (non-hydrogen) atoms. The van der Waals surface area contributed by atoms with Crippen LogP contribution in [-0.4, -0.2) is 123 Å². The molecule has 8 N–H and O–H groups in total. The summed E-state index contributed by atoms with van der Waals surface area (Å²) in [5, 5.41) is 72.6. The molecule has 13 heteroatoms. The highest BCUT2D eigenvalue weighted by molar-refractivity contribution is 5.67. The first-order valence-corrected chi connectivity index (χ1v) is 13.2. The zero-order chi connectivity index (χ0) is 27.4. The minimum absolute atomic E-state index is 0.318. The number of nitrogens with one attached hydrogen (secondary N) is 1. The lowest BCUT2D eigenvalue weighted by molar-refractivity contribution is -0.382. The van der Waals surface area contributed by atoms with Crippen molar-refractivity contribution in [3.8, 4) is 0 Å². The van der Waals surface area contributed by atoms with E-state index >= 15 is 0 Å². The molecule has 0 spiro atoms. The number of hydrogen-bond donors (Lipinski definition) is 8. The Morgan fingerprint density at radius 3 is 1.97 bits per heavy atom. The minimum atomic E-state index is -2.30. The van der Waals surface area contributed by atoms with E-state index in [1.807, 2.05) is 0 Å². The lowest BCUT2D eigenvalue weighted by Gasteiger charge is -2.44. The SMILES string of the molecule is CCCCCCCCCCCNC(=O)O[C@H]1[C@@H](O[C@]2(CO)O[C@H](CO)[C@@H](O)[C@@H]2O)O[C@H](CO)[C@@H](O)[C@@H]1O. The summed E-state index contributed by atoms with van der Waals surface area (Å²) in [4.78, 5) is 12.4. The Morgan fingerprint density at radius 2 is 1.43 bits per heavy atom. The van der Waals surface area contributed by atoms with Gasteiger partial charge in [0.05, 0.1) is 13.2 Å². The Balaban J connectivity index is 1.92. The zero-order valence-corrected chi connectivity index (χ0v) is 21.5. The van der Waals surface area contributed by atoms with E-state index in [2.05, 4.69) is 12.2 Å². The van der Waals surface area contributed by atoms with Crippen molar-refractivity contribution in [2.24, 2.45) is 0 Å². The summed E-state index contributed by atoms with van der Waals surface area (Å²) in [6.07, 6.45) is -3.82. The molecule has 0 aromatic heterocycles. The van der Waals surface area contributed by atoms with Gasteiger partial charge in [0.15, 0.2) is 6.10 Å². The third-order valence-corrected chi connectivity index (χ3v) is 6.84. The quantitative estimate of drug-likeness (QED) is 0.110. The van der Waals surface area contributed by atoms with Gasteiger partial charge in [0, 0.05) is 6.54 Å². The van der Waals surface area contributed by atoms with Crippen LogP contribution in [0.4, 0.5) is 4.79 Å². The lowest BCUT2D eigenvalue weighted by atomic mass is 9.98. The summed E-state index contributed by atoms with van der Waals surface area (Å²) in [6.45, 7) is 0.0728. The summed E-state index contributed by atoms with van der Waals surface area (Å²) in [5.74, 6) is -2.30. The van der Waals surface area contributed by atoms with Crippen molar-refractivity contribution in [1.29, 1.82) is 0 Å². The fourth-order valence-electron chi connectivity index (χ4n) is 4.53. The monoisotopic (exact) mass is 539 g/mol. The largest absolute Gasteiger partial charge is 0.438 e. The van der Waals surface area contributed by atoms with Gasteiger partial charge in [-0.2, -0.15) is 0 Å². The van der Waals surface area contributed by atoms with Crippen molar-refractivity contribution >= 4 is 6.09 Å². The fourth-order valence-corrected chi connectivity index (χ4v) is 4.53. The van der Waals surface area contributed by atoms with E-state index in [0.717, 1.165) is 25.7 Å². The van der Waals surface area contributed by atoms with Gasteiger partial charge in [0.2, 0.25) is 12.1 Å². The molecule has 2 saturated heterocycles. The Labute approximate surface area is 217 Å². The lowest BCUT2D eigenvalue weighted by Crippen LogP contribution is -2.64. The van der Waals surface area contributed by atoms with E-state index in [4.69, 9.17) is 18.9 Å². The van der Waals surface area contributed by atoms with E-state index in [1.165, 1.54) is 32.1 Å². The minimum Gasteiger partial charge on any atom is -0.438 e. The molecule has 0 unspecified atom stereocenters. The van der Waals surface area contributed by atoms with E-state index < -0.39 is 80.7 Å². The summed E-state index contributed by atoms with van der Waals surface area (Å²) >= 11 is 0. The molecule has 218 valence electrons. The number of aliphatic hydroxyl groups is 7. The number of carbonyl (C=O) groups excluding carboxylic acids is 1. The zero-order valence-electron chi connectivity index (χ0n) is 21.5. The van der Waals surface area contributed by atoms with Gasteiger partial charge in [-0.1, -0.05) is 58.3 Å². The highest BCUT2D eigenvalue weighted by atomic mass is 16.8. The molecule has 0 radical (unpaired) electrons. The summed E-state index contributed by atoms with van der Waals surface area (Å²) in [5.41, 5.74) is 0. The van der Waals surface area contributed by atoms with Gasteiger partial charge in [-0.15, -0.1) is 0 Å². The Bertz CT molecular complexity index is 657. The molecular formula is C24H45NO12. The molecule has 2 aliphatic rings. The molecule has 2 rings (SSSR count). The van der Waals surface area contributed by atoms with Gasteiger partial charge in [0.25, 0.3) is 0 Å². The van der Waals surface area contributed by atoms with Gasteiger partial charge < -0.3 is 60.0 Å². The van der Waals surface area contributed by atoms with E-state index in [0.29, 0.717) is 6.54 Å². The van der Waals surface area contributed by atoms with Gasteiger partial charge in [-0.3, -0.25) is 0 Å². The van der Waals surface area contributed by atoms with Crippen LogP contribution in [0.2, 0.25) is 0 Å². The second-order valence-corrected chi connectivity index (χ2v) is 9.69. The Kier molecular flexibility index (Phi) is 13.9. The van der Waals surface area contributed by atoms with Crippen molar-refractivity contribution in [3.63, 3.8) is 0 Å². The van der Waals surface area contributed by atoms with Crippen LogP contribution in [0.15, 0.2) is 0 Å². The molecule has 9 atom stereocenters. The third-order valence-electron chi connectivity index (χ3n) is 6.84. The van der Waals surface area contributed by atoms with Crippen molar-refractivity contribution in [3.05, 3.63) is 0 Å². The number of rotatable bonds is 16. The number of ether oxygens (including phenoxy) is 4. The maximum Gasteiger partial charge on any atom is 0.407 e. The van der Waals surface area contributed by atoms with Crippen molar-refractivity contribution in [2.45, 2.75) is 120 Å². The first-order chi connectivity index (χ1) is 17.7. The number of aliphatic hydroxyl groups excluding tert-OH is 7. The van der Waals surface area contributed by atoms with Gasteiger partial charge in [-0.05, 0) is 6.42 Å². The average Bonchev–Trinajstić information content (AvgIpc) is 3.14. The normalized spacial score (nSPS) is 36.0. The van der Waals surface area contributed by atoms with Gasteiger partial charge in [0.1, 0.15) is 43.2 Å². The second kappa shape index (κ2) is 16.1.